The molecule has 0 spiro atoms. The first-order valence-corrected chi connectivity index (χ1v) is 4.98. The topological polar surface area (TPSA) is 36.7 Å². The van der Waals surface area contributed by atoms with Gasteiger partial charge in [-0.15, -0.1) is 0 Å². The average Bonchev–Trinajstić information content (AvgIpc) is 2.20. The molecule has 0 fully saturated rings. The molecule has 0 bridgehead atoms. The van der Waals surface area contributed by atoms with E-state index in [2.05, 4.69) is 11.1 Å². The second kappa shape index (κ2) is 3.52. The zero-order chi connectivity index (χ0) is 11.0. The zero-order valence-corrected chi connectivity index (χ0v) is 9.26. The van der Waals surface area contributed by atoms with E-state index in [-0.39, 0.29) is 0 Å². The van der Waals surface area contributed by atoms with Crippen molar-refractivity contribution in [2.75, 3.05) is 0 Å². The highest BCUT2D eigenvalue weighted by Crippen LogP contribution is 2.28. The van der Waals surface area contributed by atoms with Crippen molar-refractivity contribution >= 4 is 22.5 Å². The molecule has 0 amide bonds. The lowest BCUT2D eigenvalue weighted by atomic mass is 10.1. The van der Waals surface area contributed by atoms with Gasteiger partial charge in [-0.25, -0.2) is 0 Å². The van der Waals surface area contributed by atoms with Crippen LogP contribution < -0.4 is 0 Å². The van der Waals surface area contributed by atoms with E-state index < -0.39 is 0 Å². The first kappa shape index (κ1) is 9.95. The predicted octanol–water partition coefficient (Wildman–Crippen LogP) is 3.38. The summed E-state index contributed by atoms with van der Waals surface area (Å²) in [5.41, 5.74) is 3.09. The summed E-state index contributed by atoms with van der Waals surface area (Å²) in [5, 5.41) is 10.3. The fourth-order valence-electron chi connectivity index (χ4n) is 1.58. The van der Waals surface area contributed by atoms with Gasteiger partial charge in [-0.05, 0) is 26.0 Å². The number of nitrogens with zero attached hydrogens (tertiary/aromatic N) is 2. The van der Waals surface area contributed by atoms with Crippen molar-refractivity contribution < 1.29 is 0 Å². The fourth-order valence-corrected chi connectivity index (χ4v) is 1.91. The van der Waals surface area contributed by atoms with Crippen molar-refractivity contribution in [1.29, 1.82) is 5.26 Å². The highest BCUT2D eigenvalue weighted by Gasteiger charge is 2.10. The van der Waals surface area contributed by atoms with Crippen molar-refractivity contribution in [2.24, 2.45) is 0 Å². The van der Waals surface area contributed by atoms with Crippen LogP contribution >= 0.6 is 11.6 Å². The largest absolute Gasteiger partial charge is 0.252 e. The van der Waals surface area contributed by atoms with Gasteiger partial charge < -0.3 is 0 Å². The molecule has 0 aliphatic rings. The number of hydrogen-bond donors (Lipinski definition) is 0. The normalized spacial score (nSPS) is 10.3. The zero-order valence-electron chi connectivity index (χ0n) is 8.50. The number of fused-ring (bicyclic) bond motifs is 1. The molecule has 0 N–H and O–H groups in total. The number of pyridine rings is 1. The van der Waals surface area contributed by atoms with Gasteiger partial charge in [0.1, 0.15) is 6.07 Å². The smallest absolute Gasteiger partial charge is 0.103 e. The standard InChI is InChI=1S/C12H9ClN2/c1-7-3-4-11-9(5-7)12(13)10(6-14)8(2)15-11/h3-5H,1-2H3. The summed E-state index contributed by atoms with van der Waals surface area (Å²) >= 11 is 6.16. The molecule has 15 heavy (non-hydrogen) atoms. The molecular weight excluding hydrogens is 208 g/mol. The summed E-state index contributed by atoms with van der Waals surface area (Å²) in [6.07, 6.45) is 0. The maximum Gasteiger partial charge on any atom is 0.103 e. The van der Waals surface area contributed by atoms with Crippen LogP contribution in [0, 0.1) is 25.2 Å². The maximum atomic E-state index is 8.95. The van der Waals surface area contributed by atoms with Gasteiger partial charge in [0.05, 0.1) is 21.8 Å². The van der Waals surface area contributed by atoms with Gasteiger partial charge in [-0.3, -0.25) is 4.98 Å². The molecule has 0 aliphatic carbocycles. The summed E-state index contributed by atoms with van der Waals surface area (Å²) in [7, 11) is 0. The quantitative estimate of drug-likeness (QED) is 0.677. The molecule has 2 rings (SSSR count). The number of hydrogen-bond acceptors (Lipinski definition) is 2. The Morgan fingerprint density at radius 2 is 2.07 bits per heavy atom. The number of aryl methyl sites for hydroxylation is 2. The van der Waals surface area contributed by atoms with E-state index in [9.17, 15) is 0 Å². The second-order valence-corrected chi connectivity index (χ2v) is 3.90. The fraction of sp³-hybridized carbons (Fsp3) is 0.167. The van der Waals surface area contributed by atoms with Crippen LogP contribution in [0.4, 0.5) is 0 Å². The van der Waals surface area contributed by atoms with Gasteiger partial charge in [0.25, 0.3) is 0 Å². The molecule has 0 saturated carbocycles. The van der Waals surface area contributed by atoms with Gasteiger partial charge in [0, 0.05) is 5.39 Å². The van der Waals surface area contributed by atoms with E-state index in [0.29, 0.717) is 16.3 Å². The Bertz CT molecular complexity index is 582. The third-order valence-corrected chi connectivity index (χ3v) is 2.76. The molecule has 1 aromatic carbocycles. The monoisotopic (exact) mass is 216 g/mol. The number of halogens is 1. The minimum absolute atomic E-state index is 0.467. The first-order chi connectivity index (χ1) is 7.13. The predicted molar refractivity (Wildman–Crippen MR) is 60.9 cm³/mol. The van der Waals surface area contributed by atoms with E-state index in [1.807, 2.05) is 25.1 Å². The van der Waals surface area contributed by atoms with Gasteiger partial charge in [-0.1, -0.05) is 23.2 Å². The van der Waals surface area contributed by atoms with Crippen LogP contribution in [0.2, 0.25) is 5.02 Å². The van der Waals surface area contributed by atoms with Crippen LogP contribution in [0.1, 0.15) is 16.8 Å². The van der Waals surface area contributed by atoms with Crippen LogP contribution in [0.5, 0.6) is 0 Å². The molecule has 74 valence electrons. The first-order valence-electron chi connectivity index (χ1n) is 4.60. The Morgan fingerprint density at radius 3 is 2.73 bits per heavy atom. The minimum Gasteiger partial charge on any atom is -0.252 e. The van der Waals surface area contributed by atoms with Crippen molar-refractivity contribution in [1.82, 2.24) is 4.98 Å². The molecule has 0 unspecified atom stereocenters. The van der Waals surface area contributed by atoms with Crippen LogP contribution in [0.15, 0.2) is 18.2 Å². The second-order valence-electron chi connectivity index (χ2n) is 3.52. The summed E-state index contributed by atoms with van der Waals surface area (Å²) in [5.74, 6) is 0. The van der Waals surface area contributed by atoms with Crippen molar-refractivity contribution in [3.05, 3.63) is 40.0 Å². The third-order valence-electron chi connectivity index (χ3n) is 2.37. The van der Waals surface area contributed by atoms with Crippen molar-refractivity contribution in [3.8, 4) is 6.07 Å². The Hall–Kier alpha value is -1.59. The van der Waals surface area contributed by atoms with Crippen molar-refractivity contribution in [3.63, 3.8) is 0 Å². The SMILES string of the molecule is Cc1ccc2nc(C)c(C#N)c(Cl)c2c1. The summed E-state index contributed by atoms with van der Waals surface area (Å²) in [6.45, 7) is 3.78. The lowest BCUT2D eigenvalue weighted by Gasteiger charge is -2.05. The minimum atomic E-state index is 0.467. The molecule has 1 aromatic heterocycles. The number of aromatic nitrogens is 1. The Labute approximate surface area is 93.1 Å². The Balaban J connectivity index is 2.94. The van der Waals surface area contributed by atoms with Crippen molar-refractivity contribution in [2.45, 2.75) is 13.8 Å². The lowest BCUT2D eigenvalue weighted by Crippen LogP contribution is -1.92. The maximum absolute atomic E-state index is 8.95. The molecule has 0 atom stereocenters. The number of benzene rings is 1. The van der Waals surface area contributed by atoms with E-state index in [0.717, 1.165) is 16.5 Å². The molecule has 2 nitrogen and oxygen atoms in total. The van der Waals surface area contributed by atoms with E-state index in [1.165, 1.54) is 0 Å². The molecule has 0 radical (unpaired) electrons. The highest BCUT2D eigenvalue weighted by molar-refractivity contribution is 6.36. The molecule has 3 heteroatoms. The molecule has 1 heterocycles. The molecule has 0 aliphatic heterocycles. The van der Waals surface area contributed by atoms with E-state index >= 15 is 0 Å². The Kier molecular flexibility index (Phi) is 2.34. The third kappa shape index (κ3) is 1.55. The highest BCUT2D eigenvalue weighted by atomic mass is 35.5. The molecule has 0 saturated heterocycles. The number of nitriles is 1. The van der Waals surface area contributed by atoms with E-state index in [1.54, 1.807) is 6.92 Å². The van der Waals surface area contributed by atoms with Crippen LogP contribution in [-0.2, 0) is 0 Å². The molecule has 2 aromatic rings. The summed E-state index contributed by atoms with van der Waals surface area (Å²) < 4.78 is 0. The van der Waals surface area contributed by atoms with Gasteiger partial charge >= 0.3 is 0 Å². The average molecular weight is 217 g/mol. The Morgan fingerprint density at radius 1 is 1.33 bits per heavy atom. The van der Waals surface area contributed by atoms with Crippen LogP contribution in [-0.4, -0.2) is 4.98 Å². The summed E-state index contributed by atoms with van der Waals surface area (Å²) in [6, 6.07) is 7.93. The van der Waals surface area contributed by atoms with Gasteiger partial charge in [0.15, 0.2) is 0 Å². The molecular formula is C12H9ClN2. The van der Waals surface area contributed by atoms with Crippen LogP contribution in [0.3, 0.4) is 0 Å². The number of rotatable bonds is 0. The summed E-state index contributed by atoms with van der Waals surface area (Å²) in [4.78, 5) is 4.34. The lowest BCUT2D eigenvalue weighted by molar-refractivity contribution is 1.23. The van der Waals surface area contributed by atoms with E-state index in [4.69, 9.17) is 16.9 Å². The van der Waals surface area contributed by atoms with Gasteiger partial charge in [-0.2, -0.15) is 5.26 Å². The van der Waals surface area contributed by atoms with Gasteiger partial charge in [0.2, 0.25) is 0 Å². The van der Waals surface area contributed by atoms with Crippen LogP contribution in [0.25, 0.3) is 10.9 Å².